The van der Waals surface area contributed by atoms with Crippen molar-refractivity contribution in [2.45, 2.75) is 13.3 Å². The lowest BCUT2D eigenvalue weighted by molar-refractivity contribution is 0.621. The van der Waals surface area contributed by atoms with Gasteiger partial charge in [-0.25, -0.2) is 4.99 Å². The summed E-state index contributed by atoms with van der Waals surface area (Å²) in [5.74, 6) is -0.372. The minimum atomic E-state index is -0.372. The third-order valence-corrected chi connectivity index (χ3v) is 1.14. The maximum Gasteiger partial charge on any atom is 0.215 e. The van der Waals surface area contributed by atoms with Crippen LogP contribution in [0.15, 0.2) is 28.7 Å². The summed E-state index contributed by atoms with van der Waals surface area (Å²) in [5.41, 5.74) is 0.601. The lowest BCUT2D eigenvalue weighted by Gasteiger charge is -1.86. The molecular formula is C7H8FN. The van der Waals surface area contributed by atoms with E-state index in [0.717, 1.165) is 6.42 Å². The molecule has 1 heterocycles. The van der Waals surface area contributed by atoms with E-state index in [2.05, 4.69) is 4.99 Å². The monoisotopic (exact) mass is 125 g/mol. The molecule has 0 spiro atoms. The summed E-state index contributed by atoms with van der Waals surface area (Å²) >= 11 is 0. The van der Waals surface area contributed by atoms with Gasteiger partial charge >= 0.3 is 0 Å². The van der Waals surface area contributed by atoms with E-state index >= 15 is 0 Å². The van der Waals surface area contributed by atoms with Crippen LogP contribution >= 0.6 is 0 Å². The van der Waals surface area contributed by atoms with Crippen LogP contribution in [0.4, 0.5) is 4.39 Å². The number of hydrogen-bond donors (Lipinski definition) is 0. The third kappa shape index (κ3) is 1.49. The molecule has 0 saturated carbocycles. The van der Waals surface area contributed by atoms with E-state index in [0.29, 0.717) is 5.57 Å². The molecule has 0 bridgehead atoms. The summed E-state index contributed by atoms with van der Waals surface area (Å²) in [7, 11) is 0. The average Bonchev–Trinajstić information content (AvgIpc) is 1.99. The lowest BCUT2D eigenvalue weighted by Crippen LogP contribution is -1.71. The Bertz CT molecular complexity index is 169. The molecule has 48 valence electrons. The first-order valence-corrected chi connectivity index (χ1v) is 2.86. The Morgan fingerprint density at radius 2 is 2.44 bits per heavy atom. The second-order valence-electron chi connectivity index (χ2n) is 1.92. The highest BCUT2D eigenvalue weighted by atomic mass is 19.1. The van der Waals surface area contributed by atoms with Crippen LogP contribution in [-0.4, -0.2) is 6.21 Å². The second kappa shape index (κ2) is 2.58. The molecule has 9 heavy (non-hydrogen) atoms. The van der Waals surface area contributed by atoms with E-state index in [9.17, 15) is 4.39 Å². The van der Waals surface area contributed by atoms with Crippen molar-refractivity contribution in [2.75, 3.05) is 0 Å². The van der Waals surface area contributed by atoms with Crippen molar-refractivity contribution in [2.24, 2.45) is 4.99 Å². The molecule has 0 aromatic carbocycles. The van der Waals surface area contributed by atoms with Gasteiger partial charge in [-0.1, -0.05) is 12.2 Å². The zero-order valence-corrected chi connectivity index (χ0v) is 5.26. The van der Waals surface area contributed by atoms with Gasteiger partial charge in [0.15, 0.2) is 0 Å². The van der Waals surface area contributed by atoms with E-state index in [-0.39, 0.29) is 5.95 Å². The molecule has 0 N–H and O–H groups in total. The van der Waals surface area contributed by atoms with Gasteiger partial charge in [0.2, 0.25) is 5.95 Å². The van der Waals surface area contributed by atoms with Gasteiger partial charge in [0, 0.05) is 18.2 Å². The Labute approximate surface area is 53.6 Å². The Morgan fingerprint density at radius 3 is 3.22 bits per heavy atom. The van der Waals surface area contributed by atoms with Crippen molar-refractivity contribution >= 4 is 6.21 Å². The molecule has 0 saturated heterocycles. The van der Waals surface area contributed by atoms with Crippen LogP contribution in [0.25, 0.3) is 0 Å². The van der Waals surface area contributed by atoms with Crippen LogP contribution in [0, 0.1) is 0 Å². The van der Waals surface area contributed by atoms with Crippen molar-refractivity contribution in [3.63, 3.8) is 0 Å². The molecule has 0 radical (unpaired) electrons. The van der Waals surface area contributed by atoms with E-state index < -0.39 is 0 Å². The molecule has 0 atom stereocenters. The first-order valence-electron chi connectivity index (χ1n) is 2.86. The van der Waals surface area contributed by atoms with Crippen molar-refractivity contribution in [1.82, 2.24) is 0 Å². The molecule has 0 aromatic rings. The Kier molecular flexibility index (Phi) is 1.78. The van der Waals surface area contributed by atoms with E-state index in [4.69, 9.17) is 0 Å². The molecule has 0 aromatic heterocycles. The second-order valence-corrected chi connectivity index (χ2v) is 1.92. The summed E-state index contributed by atoms with van der Waals surface area (Å²) in [5, 5.41) is 0. The SMILES string of the molecule is CC1=C(F)N=CCC=C1. The topological polar surface area (TPSA) is 12.4 Å². The van der Waals surface area contributed by atoms with Crippen molar-refractivity contribution in [3.05, 3.63) is 23.7 Å². The Balaban J connectivity index is 2.90. The molecule has 0 aliphatic carbocycles. The molecule has 0 unspecified atom stereocenters. The zero-order valence-electron chi connectivity index (χ0n) is 5.26. The highest BCUT2D eigenvalue weighted by Crippen LogP contribution is 2.10. The van der Waals surface area contributed by atoms with Crippen LogP contribution in [0.5, 0.6) is 0 Å². The van der Waals surface area contributed by atoms with E-state index in [1.165, 1.54) is 0 Å². The fraction of sp³-hybridized carbons (Fsp3) is 0.286. The number of halogens is 1. The van der Waals surface area contributed by atoms with E-state index in [1.54, 1.807) is 19.2 Å². The summed E-state index contributed by atoms with van der Waals surface area (Å²) in [6.07, 6.45) is 5.90. The fourth-order valence-corrected chi connectivity index (χ4v) is 0.609. The Hall–Kier alpha value is -0.920. The lowest BCUT2D eigenvalue weighted by atomic mass is 10.3. The number of hydrogen-bond acceptors (Lipinski definition) is 1. The quantitative estimate of drug-likeness (QED) is 0.440. The average molecular weight is 125 g/mol. The number of aliphatic imine (C=N–C) groups is 1. The van der Waals surface area contributed by atoms with Gasteiger partial charge in [0.1, 0.15) is 0 Å². The molecule has 2 heteroatoms. The highest BCUT2D eigenvalue weighted by molar-refractivity contribution is 5.62. The summed E-state index contributed by atoms with van der Waals surface area (Å²) in [4.78, 5) is 3.53. The standard InChI is InChI=1S/C7H8FN/c1-6-4-2-3-5-9-7(6)8/h2,4-5H,3H2,1H3. The maximum absolute atomic E-state index is 12.5. The minimum Gasteiger partial charge on any atom is -0.232 e. The molecule has 1 aliphatic rings. The summed E-state index contributed by atoms with van der Waals surface area (Å²) in [6.45, 7) is 1.70. The number of rotatable bonds is 0. The first-order chi connectivity index (χ1) is 4.30. The van der Waals surface area contributed by atoms with Gasteiger partial charge < -0.3 is 0 Å². The minimum absolute atomic E-state index is 0.372. The summed E-state index contributed by atoms with van der Waals surface area (Å²) in [6, 6.07) is 0. The van der Waals surface area contributed by atoms with Gasteiger partial charge in [0.25, 0.3) is 0 Å². The normalized spacial score (nSPS) is 18.4. The molecule has 1 rings (SSSR count). The molecule has 1 nitrogen and oxygen atoms in total. The fourth-order valence-electron chi connectivity index (χ4n) is 0.609. The molecule has 0 fully saturated rings. The number of allylic oxidation sites excluding steroid dienone is 3. The number of nitrogens with zero attached hydrogens (tertiary/aromatic N) is 1. The van der Waals surface area contributed by atoms with Gasteiger partial charge in [-0.15, -0.1) is 0 Å². The maximum atomic E-state index is 12.5. The predicted octanol–water partition coefficient (Wildman–Crippen LogP) is 2.22. The van der Waals surface area contributed by atoms with Gasteiger partial charge in [-0.05, 0) is 6.92 Å². The van der Waals surface area contributed by atoms with E-state index in [1.807, 2.05) is 6.08 Å². The third-order valence-electron chi connectivity index (χ3n) is 1.14. The van der Waals surface area contributed by atoms with Crippen molar-refractivity contribution in [1.29, 1.82) is 0 Å². The predicted molar refractivity (Wildman–Crippen MR) is 36.1 cm³/mol. The smallest absolute Gasteiger partial charge is 0.215 e. The highest BCUT2D eigenvalue weighted by Gasteiger charge is 1.95. The molecule has 1 aliphatic heterocycles. The Morgan fingerprint density at radius 1 is 1.67 bits per heavy atom. The molecule has 0 amide bonds. The van der Waals surface area contributed by atoms with Crippen molar-refractivity contribution < 1.29 is 4.39 Å². The van der Waals surface area contributed by atoms with Gasteiger partial charge in [-0.2, -0.15) is 4.39 Å². The zero-order chi connectivity index (χ0) is 6.69. The van der Waals surface area contributed by atoms with Crippen LogP contribution in [-0.2, 0) is 0 Å². The van der Waals surface area contributed by atoms with Crippen LogP contribution in [0.2, 0.25) is 0 Å². The largest absolute Gasteiger partial charge is 0.232 e. The van der Waals surface area contributed by atoms with Crippen LogP contribution in [0.3, 0.4) is 0 Å². The van der Waals surface area contributed by atoms with Gasteiger partial charge in [-0.3, -0.25) is 0 Å². The van der Waals surface area contributed by atoms with Crippen LogP contribution < -0.4 is 0 Å². The van der Waals surface area contributed by atoms with Crippen molar-refractivity contribution in [3.8, 4) is 0 Å². The summed E-state index contributed by atoms with van der Waals surface area (Å²) < 4.78 is 12.5. The molecular weight excluding hydrogens is 117 g/mol. The van der Waals surface area contributed by atoms with Crippen LogP contribution in [0.1, 0.15) is 13.3 Å². The first kappa shape index (κ1) is 6.20. The van der Waals surface area contributed by atoms with Gasteiger partial charge in [0.05, 0.1) is 0 Å².